The Morgan fingerprint density at radius 1 is 0.429 bits per heavy atom. The molecule has 1 spiro atoms. The third kappa shape index (κ3) is 3.74. The van der Waals surface area contributed by atoms with Gasteiger partial charge in [0, 0.05) is 43.6 Å². The number of aromatic nitrogens is 3. The van der Waals surface area contributed by atoms with Crippen molar-refractivity contribution in [2.24, 2.45) is 0 Å². The maximum atomic E-state index is 6.64. The number of para-hydroxylation sites is 5. The van der Waals surface area contributed by atoms with Gasteiger partial charge < -0.3 is 9.15 Å². The molecule has 0 amide bonds. The van der Waals surface area contributed by atoms with Crippen molar-refractivity contribution in [1.29, 1.82) is 0 Å². The Kier molecular flexibility index (Phi) is 5.77. The van der Waals surface area contributed by atoms with Crippen molar-refractivity contribution in [3.8, 4) is 39.8 Å². The molecule has 1 aliphatic heterocycles. The van der Waals surface area contributed by atoms with Gasteiger partial charge in [0.1, 0.15) is 22.7 Å². The second-order valence-electron chi connectivity index (χ2n) is 14.8. The van der Waals surface area contributed by atoms with Crippen LogP contribution in [0.25, 0.3) is 83.0 Å². The molecule has 2 aliphatic rings. The summed E-state index contributed by atoms with van der Waals surface area (Å²) in [6, 6.07) is 62.2. The third-order valence-electron chi connectivity index (χ3n) is 12.1. The van der Waals surface area contributed by atoms with Crippen LogP contribution in [0.2, 0.25) is 0 Å². The molecule has 56 heavy (non-hydrogen) atoms. The fourth-order valence-corrected chi connectivity index (χ4v) is 9.87. The van der Waals surface area contributed by atoms with E-state index < -0.39 is 5.41 Å². The first kappa shape index (κ1) is 29.9. The van der Waals surface area contributed by atoms with Crippen LogP contribution in [-0.2, 0) is 5.41 Å². The minimum Gasteiger partial charge on any atom is -0.457 e. The van der Waals surface area contributed by atoms with Crippen LogP contribution < -0.4 is 4.74 Å². The molecule has 11 aromatic rings. The van der Waals surface area contributed by atoms with Gasteiger partial charge >= 0.3 is 0 Å². The highest BCUT2D eigenvalue weighted by atomic mass is 16.5. The molecule has 0 radical (unpaired) electrons. The standard InChI is InChI=1S/C51H29N3O2/c1-5-19-37-30(14-1)35-28-36-31-15-3-9-23-42(31)54(43(36)29-40(35)51(37)38-20-6-11-25-45(38)56-46-26-12-7-21-39(46)51)50-52-41-22-8-2-16-32(41)49(53-50)34-18-13-27-47-48(34)33-17-4-10-24-44(33)55-47/h1-29H. The number of benzene rings is 8. The van der Waals surface area contributed by atoms with E-state index >= 15 is 0 Å². The molecule has 0 unspecified atom stereocenters. The van der Waals surface area contributed by atoms with Crippen LogP contribution in [0, 0.1) is 0 Å². The molecule has 4 heterocycles. The second kappa shape index (κ2) is 10.8. The monoisotopic (exact) mass is 715 g/mol. The van der Waals surface area contributed by atoms with Gasteiger partial charge in [-0.3, -0.25) is 4.57 Å². The maximum Gasteiger partial charge on any atom is 0.235 e. The van der Waals surface area contributed by atoms with Crippen LogP contribution in [-0.4, -0.2) is 14.5 Å². The van der Waals surface area contributed by atoms with Crippen molar-refractivity contribution >= 4 is 54.6 Å². The molecule has 0 bridgehead atoms. The predicted octanol–water partition coefficient (Wildman–Crippen LogP) is 12.8. The molecule has 5 nitrogen and oxygen atoms in total. The molecule has 8 aromatic carbocycles. The lowest BCUT2D eigenvalue weighted by Gasteiger charge is -2.39. The van der Waals surface area contributed by atoms with Gasteiger partial charge in [0.15, 0.2) is 0 Å². The number of hydrogen-bond acceptors (Lipinski definition) is 4. The summed E-state index contributed by atoms with van der Waals surface area (Å²) in [6.45, 7) is 0. The van der Waals surface area contributed by atoms with Gasteiger partial charge in [-0.15, -0.1) is 0 Å². The summed E-state index contributed by atoms with van der Waals surface area (Å²) in [4.78, 5) is 10.9. The van der Waals surface area contributed by atoms with Gasteiger partial charge in [0.05, 0.1) is 27.7 Å². The Morgan fingerprint density at radius 3 is 1.91 bits per heavy atom. The van der Waals surface area contributed by atoms with E-state index in [2.05, 4.69) is 162 Å². The molecule has 0 atom stereocenters. The van der Waals surface area contributed by atoms with Crippen molar-refractivity contribution in [3.63, 3.8) is 0 Å². The smallest absolute Gasteiger partial charge is 0.235 e. The van der Waals surface area contributed by atoms with Crippen LogP contribution >= 0.6 is 0 Å². The van der Waals surface area contributed by atoms with E-state index in [0.29, 0.717) is 5.95 Å². The van der Waals surface area contributed by atoms with Crippen LogP contribution in [0.15, 0.2) is 180 Å². The van der Waals surface area contributed by atoms with Gasteiger partial charge in [0.2, 0.25) is 5.95 Å². The minimum atomic E-state index is -0.597. The minimum absolute atomic E-state index is 0.597. The van der Waals surface area contributed by atoms with E-state index in [1.807, 2.05) is 18.2 Å². The molecule has 3 aromatic heterocycles. The highest BCUT2D eigenvalue weighted by Crippen LogP contribution is 2.62. The Morgan fingerprint density at radius 2 is 1.07 bits per heavy atom. The molecule has 0 fully saturated rings. The molecule has 5 heteroatoms. The van der Waals surface area contributed by atoms with Gasteiger partial charge in [0.25, 0.3) is 0 Å². The molecule has 1 aliphatic carbocycles. The molecule has 0 N–H and O–H groups in total. The van der Waals surface area contributed by atoms with Crippen molar-refractivity contribution in [1.82, 2.24) is 14.5 Å². The maximum absolute atomic E-state index is 6.64. The topological polar surface area (TPSA) is 53.1 Å². The second-order valence-corrected chi connectivity index (χ2v) is 14.8. The molecule has 0 saturated heterocycles. The van der Waals surface area contributed by atoms with Gasteiger partial charge in [-0.2, -0.15) is 0 Å². The highest BCUT2D eigenvalue weighted by molar-refractivity contribution is 6.15. The number of hydrogen-bond donors (Lipinski definition) is 0. The van der Waals surface area contributed by atoms with E-state index in [4.69, 9.17) is 19.1 Å². The largest absolute Gasteiger partial charge is 0.457 e. The first-order valence-corrected chi connectivity index (χ1v) is 19.0. The number of furan rings is 1. The van der Waals surface area contributed by atoms with Gasteiger partial charge in [-0.1, -0.05) is 127 Å². The van der Waals surface area contributed by atoms with E-state index in [-0.39, 0.29) is 0 Å². The number of nitrogens with zero attached hydrogens (tertiary/aromatic N) is 3. The molecule has 260 valence electrons. The van der Waals surface area contributed by atoms with Crippen LogP contribution in [0.5, 0.6) is 11.5 Å². The van der Waals surface area contributed by atoms with E-state index in [1.165, 1.54) is 22.3 Å². The summed E-state index contributed by atoms with van der Waals surface area (Å²) in [5.41, 5.74) is 13.2. The SMILES string of the molecule is c1ccc2c(c1)Oc1ccccc1C21c2ccccc2-c2cc3c4ccccc4n(-c4nc(-c5cccc6oc7ccccc7c56)c5ccccc5n4)c3cc21. The zero-order valence-corrected chi connectivity index (χ0v) is 29.9. The van der Waals surface area contributed by atoms with Gasteiger partial charge in [-0.05, 0) is 70.8 Å². The van der Waals surface area contributed by atoms with E-state index in [9.17, 15) is 0 Å². The Labute approximate surface area is 320 Å². The van der Waals surface area contributed by atoms with Crippen LogP contribution in [0.1, 0.15) is 22.3 Å². The normalized spacial score (nSPS) is 13.6. The zero-order valence-electron chi connectivity index (χ0n) is 29.9. The Hall–Kier alpha value is -7.50. The Bertz CT molecular complexity index is 3440. The number of ether oxygens (including phenoxy) is 1. The summed E-state index contributed by atoms with van der Waals surface area (Å²) >= 11 is 0. The van der Waals surface area contributed by atoms with Gasteiger partial charge in [-0.25, -0.2) is 9.97 Å². The average molecular weight is 716 g/mol. The van der Waals surface area contributed by atoms with E-state index in [0.717, 1.165) is 88.5 Å². The first-order valence-electron chi connectivity index (χ1n) is 19.0. The summed E-state index contributed by atoms with van der Waals surface area (Å²) in [7, 11) is 0. The quantitative estimate of drug-likeness (QED) is 0.179. The van der Waals surface area contributed by atoms with Crippen molar-refractivity contribution in [2.45, 2.75) is 5.41 Å². The molecule has 0 saturated carbocycles. The fraction of sp³-hybridized carbons (Fsp3) is 0.0196. The molecular weight excluding hydrogens is 687 g/mol. The first-order chi connectivity index (χ1) is 27.8. The molecule has 13 rings (SSSR count). The van der Waals surface area contributed by atoms with E-state index in [1.54, 1.807) is 0 Å². The van der Waals surface area contributed by atoms with Crippen LogP contribution in [0.3, 0.4) is 0 Å². The zero-order chi connectivity index (χ0) is 36.5. The Balaban J connectivity index is 1.16. The summed E-state index contributed by atoms with van der Waals surface area (Å²) in [6.07, 6.45) is 0. The predicted molar refractivity (Wildman–Crippen MR) is 224 cm³/mol. The third-order valence-corrected chi connectivity index (χ3v) is 12.1. The lowest BCUT2D eigenvalue weighted by Crippen LogP contribution is -2.32. The average Bonchev–Trinajstić information content (AvgIpc) is 3.89. The summed E-state index contributed by atoms with van der Waals surface area (Å²) in [5.74, 6) is 2.36. The van der Waals surface area contributed by atoms with Crippen molar-refractivity contribution in [3.05, 3.63) is 198 Å². The summed E-state index contributed by atoms with van der Waals surface area (Å²) < 4.78 is 15.3. The highest BCUT2D eigenvalue weighted by Gasteiger charge is 2.51. The summed E-state index contributed by atoms with van der Waals surface area (Å²) in [5, 5.41) is 5.41. The van der Waals surface area contributed by atoms with Crippen molar-refractivity contribution < 1.29 is 9.15 Å². The van der Waals surface area contributed by atoms with Crippen molar-refractivity contribution in [2.75, 3.05) is 0 Å². The lowest BCUT2D eigenvalue weighted by molar-refractivity contribution is 0.436. The van der Waals surface area contributed by atoms with Crippen LogP contribution in [0.4, 0.5) is 0 Å². The number of rotatable bonds is 2. The number of fused-ring (bicyclic) bond motifs is 16. The molecular formula is C51H29N3O2. The lowest BCUT2D eigenvalue weighted by atomic mass is 9.66. The fourth-order valence-electron chi connectivity index (χ4n) is 9.87.